The van der Waals surface area contributed by atoms with Gasteiger partial charge in [0.05, 0.1) is 16.4 Å². The Labute approximate surface area is 149 Å². The molecule has 25 heavy (non-hydrogen) atoms. The number of nitrogens with one attached hydrogen (secondary N) is 1. The third-order valence-electron chi connectivity index (χ3n) is 4.63. The molecule has 0 saturated heterocycles. The van der Waals surface area contributed by atoms with Crippen molar-refractivity contribution in [3.63, 3.8) is 0 Å². The lowest BCUT2D eigenvalue weighted by molar-refractivity contribution is -0.383. The first kappa shape index (κ1) is 15.8. The maximum Gasteiger partial charge on any atom is 0.278 e. The minimum atomic E-state index is -0.370. The second-order valence-corrected chi connectivity index (χ2v) is 6.76. The molecule has 0 amide bonds. The van der Waals surface area contributed by atoms with Crippen LogP contribution in [0.3, 0.4) is 0 Å². The Morgan fingerprint density at radius 2 is 1.88 bits per heavy atom. The molecule has 0 unspecified atom stereocenters. The van der Waals surface area contributed by atoms with Crippen LogP contribution in [0.2, 0.25) is 5.02 Å². The zero-order valence-electron chi connectivity index (χ0n) is 13.4. The van der Waals surface area contributed by atoms with Gasteiger partial charge < -0.3 is 5.32 Å². The van der Waals surface area contributed by atoms with Gasteiger partial charge in [0.2, 0.25) is 0 Å². The van der Waals surface area contributed by atoms with Gasteiger partial charge in [-0.25, -0.2) is 0 Å². The second-order valence-electron chi connectivity index (χ2n) is 6.32. The van der Waals surface area contributed by atoms with Gasteiger partial charge in [-0.05, 0) is 48.6 Å². The van der Waals surface area contributed by atoms with Crippen molar-refractivity contribution in [2.75, 3.05) is 5.32 Å². The topological polar surface area (TPSA) is 68.1 Å². The van der Waals surface area contributed by atoms with Crippen molar-refractivity contribution in [1.82, 2.24) is 4.98 Å². The summed E-state index contributed by atoms with van der Waals surface area (Å²) < 4.78 is 0. The Morgan fingerprint density at radius 3 is 2.56 bits per heavy atom. The fraction of sp³-hybridized carbons (Fsp3) is 0.211. The van der Waals surface area contributed by atoms with Gasteiger partial charge in [0.15, 0.2) is 0 Å². The van der Waals surface area contributed by atoms with Crippen LogP contribution in [0.5, 0.6) is 0 Å². The van der Waals surface area contributed by atoms with Gasteiger partial charge in [-0.15, -0.1) is 0 Å². The number of pyridine rings is 1. The summed E-state index contributed by atoms with van der Waals surface area (Å²) in [5.74, 6) is 0.563. The number of hydrogen-bond donors (Lipinski definition) is 1. The third kappa shape index (κ3) is 3.15. The minimum Gasteiger partial charge on any atom is -0.377 e. The summed E-state index contributed by atoms with van der Waals surface area (Å²) in [6.45, 7) is 0. The number of non-ortho nitro benzene ring substituents is 1. The first-order valence-corrected chi connectivity index (χ1v) is 8.54. The lowest BCUT2D eigenvalue weighted by atomic mass is 10.0. The molecule has 0 spiro atoms. The molecule has 1 aromatic heterocycles. The van der Waals surface area contributed by atoms with Crippen LogP contribution in [0.25, 0.3) is 10.8 Å². The average Bonchev–Trinajstić information content (AvgIpc) is 3.45. The van der Waals surface area contributed by atoms with E-state index in [9.17, 15) is 10.1 Å². The van der Waals surface area contributed by atoms with E-state index >= 15 is 0 Å². The van der Waals surface area contributed by atoms with E-state index in [2.05, 4.69) is 10.3 Å². The van der Waals surface area contributed by atoms with Crippen molar-refractivity contribution in [3.8, 4) is 0 Å². The number of nitrogens with zero attached hydrogens (tertiary/aromatic N) is 2. The van der Waals surface area contributed by atoms with Gasteiger partial charge in [0, 0.05) is 34.6 Å². The van der Waals surface area contributed by atoms with Gasteiger partial charge in [0.1, 0.15) is 0 Å². The molecular weight excluding hydrogens is 338 g/mol. The highest BCUT2D eigenvalue weighted by molar-refractivity contribution is 6.30. The fourth-order valence-electron chi connectivity index (χ4n) is 3.20. The van der Waals surface area contributed by atoms with E-state index in [0.29, 0.717) is 16.3 Å². The molecule has 0 aliphatic heterocycles. The standard InChI is InChI=1S/C19H16ClN3O2/c20-14-5-3-13(4-6-14)19(12-1-2-12)22-17-7-8-18(23(24)25)16-11-21-10-9-15(16)17/h3-12,19,22H,1-2H2/t19-/m0/s1. The summed E-state index contributed by atoms with van der Waals surface area (Å²) in [7, 11) is 0. The van der Waals surface area contributed by atoms with Crippen molar-refractivity contribution in [3.05, 3.63) is 75.6 Å². The quantitative estimate of drug-likeness (QED) is 0.495. The molecule has 1 N–H and O–H groups in total. The van der Waals surface area contributed by atoms with E-state index in [4.69, 9.17) is 11.6 Å². The predicted octanol–water partition coefficient (Wildman–Crippen LogP) is 5.36. The molecule has 3 aromatic rings. The fourth-order valence-corrected chi connectivity index (χ4v) is 3.33. The van der Waals surface area contributed by atoms with E-state index < -0.39 is 0 Å². The number of anilines is 1. The molecule has 2 aromatic carbocycles. The molecule has 0 bridgehead atoms. The molecule has 6 heteroatoms. The van der Waals surface area contributed by atoms with E-state index in [1.807, 2.05) is 30.3 Å². The molecule has 1 aliphatic rings. The SMILES string of the molecule is O=[N+]([O-])c1ccc(N[C@H](c2ccc(Cl)cc2)C2CC2)c2ccncc12. The lowest BCUT2D eigenvalue weighted by Gasteiger charge is -2.21. The van der Waals surface area contributed by atoms with Crippen molar-refractivity contribution < 1.29 is 4.92 Å². The highest BCUT2D eigenvalue weighted by Crippen LogP contribution is 2.44. The molecule has 1 atom stereocenters. The van der Waals surface area contributed by atoms with Crippen LogP contribution in [0, 0.1) is 16.0 Å². The van der Waals surface area contributed by atoms with Gasteiger partial charge in [-0.2, -0.15) is 0 Å². The number of fused-ring (bicyclic) bond motifs is 1. The summed E-state index contributed by atoms with van der Waals surface area (Å²) in [5.41, 5.74) is 2.13. The predicted molar refractivity (Wildman–Crippen MR) is 98.9 cm³/mol. The largest absolute Gasteiger partial charge is 0.377 e. The molecular formula is C19H16ClN3O2. The van der Waals surface area contributed by atoms with Crippen LogP contribution < -0.4 is 5.32 Å². The molecule has 5 nitrogen and oxygen atoms in total. The van der Waals surface area contributed by atoms with Gasteiger partial charge >= 0.3 is 0 Å². The first-order chi connectivity index (χ1) is 12.1. The van der Waals surface area contributed by atoms with Gasteiger partial charge in [-0.3, -0.25) is 15.1 Å². The number of nitro benzene ring substituents is 1. The zero-order chi connectivity index (χ0) is 17.4. The van der Waals surface area contributed by atoms with Crippen LogP contribution in [0.4, 0.5) is 11.4 Å². The third-order valence-corrected chi connectivity index (χ3v) is 4.88. The number of rotatable bonds is 5. The Morgan fingerprint density at radius 1 is 1.12 bits per heavy atom. The first-order valence-electron chi connectivity index (χ1n) is 8.16. The van der Waals surface area contributed by atoms with Crippen molar-refractivity contribution >= 4 is 33.7 Å². The van der Waals surface area contributed by atoms with Crippen molar-refractivity contribution in [1.29, 1.82) is 0 Å². The monoisotopic (exact) mass is 353 g/mol. The summed E-state index contributed by atoms with van der Waals surface area (Å²) in [4.78, 5) is 14.9. The van der Waals surface area contributed by atoms with Crippen LogP contribution in [-0.2, 0) is 0 Å². The maximum atomic E-state index is 11.3. The molecule has 1 heterocycles. The van der Waals surface area contributed by atoms with Gasteiger partial charge in [-0.1, -0.05) is 23.7 Å². The van der Waals surface area contributed by atoms with E-state index in [0.717, 1.165) is 11.1 Å². The summed E-state index contributed by atoms with van der Waals surface area (Å²) in [6.07, 6.45) is 5.55. The number of benzene rings is 2. The lowest BCUT2D eigenvalue weighted by Crippen LogP contribution is -2.13. The molecule has 1 saturated carbocycles. The molecule has 4 rings (SSSR count). The second kappa shape index (κ2) is 6.33. The number of hydrogen-bond acceptors (Lipinski definition) is 4. The van der Waals surface area contributed by atoms with Crippen LogP contribution >= 0.6 is 11.6 Å². The Kier molecular flexibility index (Phi) is 4.01. The van der Waals surface area contributed by atoms with Crippen molar-refractivity contribution in [2.45, 2.75) is 18.9 Å². The number of aromatic nitrogens is 1. The average molecular weight is 354 g/mol. The van der Waals surface area contributed by atoms with Crippen LogP contribution in [-0.4, -0.2) is 9.91 Å². The van der Waals surface area contributed by atoms with Gasteiger partial charge in [0.25, 0.3) is 5.69 Å². The zero-order valence-corrected chi connectivity index (χ0v) is 14.1. The highest BCUT2D eigenvalue weighted by Gasteiger charge is 2.32. The highest BCUT2D eigenvalue weighted by atomic mass is 35.5. The molecule has 1 aliphatic carbocycles. The summed E-state index contributed by atoms with van der Waals surface area (Å²) in [5, 5.41) is 16.9. The normalized spacial score (nSPS) is 15.1. The van der Waals surface area contributed by atoms with Crippen molar-refractivity contribution in [2.24, 2.45) is 5.92 Å². The molecule has 1 fully saturated rings. The minimum absolute atomic E-state index is 0.0723. The smallest absolute Gasteiger partial charge is 0.278 e. The van der Waals surface area contributed by atoms with E-state index in [-0.39, 0.29) is 16.7 Å². The molecule has 126 valence electrons. The molecule has 0 radical (unpaired) electrons. The Bertz CT molecular complexity index is 939. The van der Waals surface area contributed by atoms with E-state index in [1.54, 1.807) is 18.5 Å². The van der Waals surface area contributed by atoms with Crippen LogP contribution in [0.1, 0.15) is 24.4 Å². The Balaban J connectivity index is 1.75. The Hall–Kier alpha value is -2.66. The summed E-state index contributed by atoms with van der Waals surface area (Å²) in [6, 6.07) is 13.2. The number of nitro groups is 1. The summed E-state index contributed by atoms with van der Waals surface area (Å²) >= 11 is 6.01. The van der Waals surface area contributed by atoms with Crippen LogP contribution in [0.15, 0.2) is 54.9 Å². The van der Waals surface area contributed by atoms with E-state index in [1.165, 1.54) is 24.5 Å². The maximum absolute atomic E-state index is 11.3. The number of halogens is 1.